The average Bonchev–Trinajstić information content (AvgIpc) is 2.67. The Labute approximate surface area is 87.4 Å². The number of hydrogen-bond acceptors (Lipinski definition) is 3. The third kappa shape index (κ3) is 1.80. The van der Waals surface area contributed by atoms with Crippen molar-refractivity contribution in [3.63, 3.8) is 0 Å². The summed E-state index contributed by atoms with van der Waals surface area (Å²) >= 11 is 5.79. The third-order valence-electron chi connectivity index (χ3n) is 2.47. The molecule has 1 aliphatic rings. The van der Waals surface area contributed by atoms with Crippen molar-refractivity contribution < 1.29 is 4.79 Å². The molecule has 14 heavy (non-hydrogen) atoms. The summed E-state index contributed by atoms with van der Waals surface area (Å²) in [4.78, 5) is 10.7. The highest BCUT2D eigenvalue weighted by Crippen LogP contribution is 2.22. The maximum atomic E-state index is 10.7. The van der Waals surface area contributed by atoms with E-state index < -0.39 is 0 Å². The van der Waals surface area contributed by atoms with Crippen LogP contribution in [0.15, 0.2) is 24.3 Å². The topological polar surface area (TPSA) is 41.1 Å². The molecule has 74 valence electrons. The van der Waals surface area contributed by atoms with Crippen LogP contribution >= 0.6 is 11.6 Å². The molecule has 2 atom stereocenters. The lowest BCUT2D eigenvalue weighted by molar-refractivity contribution is -0.109. The molecule has 0 spiro atoms. The minimum atomic E-state index is -0.142. The lowest BCUT2D eigenvalue weighted by atomic mass is 9.94. The molecule has 4 heteroatoms. The molecule has 2 unspecified atom stereocenters. The molecule has 3 nitrogen and oxygen atoms in total. The van der Waals surface area contributed by atoms with Gasteiger partial charge in [0.1, 0.15) is 6.29 Å². The fourth-order valence-corrected chi connectivity index (χ4v) is 1.80. The summed E-state index contributed by atoms with van der Waals surface area (Å²) in [6.45, 7) is 0.769. The quantitative estimate of drug-likeness (QED) is 0.719. The lowest BCUT2D eigenvalue weighted by Crippen LogP contribution is -2.32. The highest BCUT2D eigenvalue weighted by Gasteiger charge is 2.27. The van der Waals surface area contributed by atoms with Crippen molar-refractivity contribution in [2.24, 2.45) is 0 Å². The van der Waals surface area contributed by atoms with Gasteiger partial charge < -0.3 is 4.79 Å². The zero-order valence-electron chi connectivity index (χ0n) is 7.53. The maximum Gasteiger partial charge on any atom is 0.138 e. The fraction of sp³-hybridized carbons (Fsp3) is 0.300. The Morgan fingerprint density at radius 1 is 1.36 bits per heavy atom. The number of carbonyl (C=O) groups is 1. The van der Waals surface area contributed by atoms with Crippen molar-refractivity contribution in [1.29, 1.82) is 0 Å². The van der Waals surface area contributed by atoms with Crippen molar-refractivity contribution in [1.82, 2.24) is 10.9 Å². The molecule has 0 bridgehead atoms. The van der Waals surface area contributed by atoms with E-state index in [4.69, 9.17) is 11.6 Å². The molecule has 0 radical (unpaired) electrons. The molecule has 1 aromatic carbocycles. The molecule has 1 aromatic rings. The maximum absolute atomic E-state index is 10.7. The van der Waals surface area contributed by atoms with Gasteiger partial charge in [0.05, 0.1) is 6.04 Å². The summed E-state index contributed by atoms with van der Waals surface area (Å²) in [5, 5.41) is 0.718. The molecule has 2 N–H and O–H groups in total. The Morgan fingerprint density at radius 2 is 2.07 bits per heavy atom. The molecule has 2 rings (SSSR count). The Balaban J connectivity index is 2.21. The predicted molar refractivity (Wildman–Crippen MR) is 55.2 cm³/mol. The van der Waals surface area contributed by atoms with Crippen LogP contribution in [0.25, 0.3) is 0 Å². The summed E-state index contributed by atoms with van der Waals surface area (Å²) in [6, 6.07) is 7.46. The zero-order valence-corrected chi connectivity index (χ0v) is 8.29. The Bertz CT molecular complexity index is 325. The van der Waals surface area contributed by atoms with Gasteiger partial charge in [0.15, 0.2) is 0 Å². The fourth-order valence-electron chi connectivity index (χ4n) is 1.68. The second-order valence-electron chi connectivity index (χ2n) is 3.35. The summed E-state index contributed by atoms with van der Waals surface area (Å²) in [6.07, 6.45) is 0.930. The monoisotopic (exact) mass is 210 g/mol. The molecule has 0 aromatic heterocycles. The van der Waals surface area contributed by atoms with Gasteiger partial charge in [-0.1, -0.05) is 23.7 Å². The number of aldehydes is 1. The van der Waals surface area contributed by atoms with Gasteiger partial charge in [-0.25, -0.2) is 5.43 Å². The number of carbonyl (C=O) groups excluding carboxylic acids is 1. The number of nitrogens with one attached hydrogen (secondary N) is 2. The second-order valence-corrected chi connectivity index (χ2v) is 3.78. The molecule has 0 saturated carbocycles. The Hall–Kier alpha value is -0.900. The van der Waals surface area contributed by atoms with Gasteiger partial charge in [-0.05, 0) is 17.7 Å². The summed E-state index contributed by atoms with van der Waals surface area (Å²) in [5.41, 5.74) is 7.02. The number of rotatable bonds is 2. The predicted octanol–water partition coefficient (Wildman–Crippen LogP) is 1.10. The number of hydrazine groups is 1. The number of halogens is 1. The first-order valence-corrected chi connectivity index (χ1v) is 4.88. The van der Waals surface area contributed by atoms with Crippen LogP contribution in [-0.2, 0) is 4.79 Å². The lowest BCUT2D eigenvalue weighted by Gasteiger charge is -2.12. The molecule has 1 aliphatic heterocycles. The van der Waals surface area contributed by atoms with Gasteiger partial charge in [0.2, 0.25) is 0 Å². The van der Waals surface area contributed by atoms with E-state index in [1.807, 2.05) is 24.3 Å². The first-order chi connectivity index (χ1) is 6.81. The van der Waals surface area contributed by atoms with Crippen LogP contribution < -0.4 is 10.9 Å². The van der Waals surface area contributed by atoms with Crippen LogP contribution in [-0.4, -0.2) is 18.9 Å². The zero-order chi connectivity index (χ0) is 9.97. The standard InChI is InChI=1S/C10H11ClN2O/c11-8-3-1-7(2-4-8)9-5-12-13-10(9)6-14/h1-4,6,9-10,12-13H,5H2. The highest BCUT2D eigenvalue weighted by atomic mass is 35.5. The minimum absolute atomic E-state index is 0.142. The van der Waals surface area contributed by atoms with E-state index in [9.17, 15) is 4.79 Å². The van der Waals surface area contributed by atoms with E-state index in [2.05, 4.69) is 10.9 Å². The van der Waals surface area contributed by atoms with Crippen molar-refractivity contribution in [2.75, 3.05) is 6.54 Å². The van der Waals surface area contributed by atoms with Gasteiger partial charge in [0.25, 0.3) is 0 Å². The van der Waals surface area contributed by atoms with E-state index in [0.717, 1.165) is 23.4 Å². The second kappa shape index (κ2) is 4.09. The van der Waals surface area contributed by atoms with Gasteiger partial charge in [-0.15, -0.1) is 0 Å². The summed E-state index contributed by atoms with van der Waals surface area (Å²) < 4.78 is 0. The number of benzene rings is 1. The van der Waals surface area contributed by atoms with Crippen LogP contribution in [0.3, 0.4) is 0 Å². The van der Waals surface area contributed by atoms with Crippen LogP contribution in [0.2, 0.25) is 5.02 Å². The van der Waals surface area contributed by atoms with E-state index in [1.54, 1.807) is 0 Å². The molecule has 0 aliphatic carbocycles. The molecular weight excluding hydrogens is 200 g/mol. The summed E-state index contributed by atoms with van der Waals surface area (Å²) in [5.74, 6) is 0.199. The normalized spacial score (nSPS) is 26.4. The van der Waals surface area contributed by atoms with Crippen molar-refractivity contribution >= 4 is 17.9 Å². The molecular formula is C10H11ClN2O. The van der Waals surface area contributed by atoms with Gasteiger partial charge in [-0.2, -0.15) is 0 Å². The Morgan fingerprint density at radius 3 is 2.71 bits per heavy atom. The molecule has 1 heterocycles. The van der Waals surface area contributed by atoms with Crippen LogP contribution in [0, 0.1) is 0 Å². The van der Waals surface area contributed by atoms with Gasteiger partial charge >= 0.3 is 0 Å². The van der Waals surface area contributed by atoms with Gasteiger partial charge in [-0.3, -0.25) is 5.43 Å². The molecule has 1 fully saturated rings. The van der Waals surface area contributed by atoms with E-state index in [1.165, 1.54) is 0 Å². The van der Waals surface area contributed by atoms with Crippen molar-refractivity contribution in [3.8, 4) is 0 Å². The van der Waals surface area contributed by atoms with Crippen molar-refractivity contribution in [3.05, 3.63) is 34.9 Å². The van der Waals surface area contributed by atoms with E-state index in [0.29, 0.717) is 0 Å². The number of hydrogen-bond donors (Lipinski definition) is 2. The van der Waals surface area contributed by atoms with Crippen LogP contribution in [0.4, 0.5) is 0 Å². The van der Waals surface area contributed by atoms with Gasteiger partial charge in [0, 0.05) is 17.5 Å². The largest absolute Gasteiger partial charge is 0.302 e. The molecule has 0 amide bonds. The Kier molecular flexibility index (Phi) is 2.82. The minimum Gasteiger partial charge on any atom is -0.302 e. The smallest absolute Gasteiger partial charge is 0.138 e. The summed E-state index contributed by atoms with van der Waals surface area (Å²) in [7, 11) is 0. The SMILES string of the molecule is O=CC1NNCC1c1ccc(Cl)cc1. The average molecular weight is 211 g/mol. The highest BCUT2D eigenvalue weighted by molar-refractivity contribution is 6.30. The molecule has 1 saturated heterocycles. The third-order valence-corrected chi connectivity index (χ3v) is 2.72. The first-order valence-electron chi connectivity index (χ1n) is 4.50. The van der Waals surface area contributed by atoms with E-state index in [-0.39, 0.29) is 12.0 Å². The van der Waals surface area contributed by atoms with Crippen LogP contribution in [0.1, 0.15) is 11.5 Å². The van der Waals surface area contributed by atoms with Crippen LogP contribution in [0.5, 0.6) is 0 Å². The van der Waals surface area contributed by atoms with E-state index >= 15 is 0 Å². The first kappa shape index (κ1) is 9.65. The van der Waals surface area contributed by atoms with Crippen molar-refractivity contribution in [2.45, 2.75) is 12.0 Å².